The van der Waals surface area contributed by atoms with Crippen molar-refractivity contribution in [3.8, 4) is 5.69 Å². The standard InChI is InChI=1S/C19H14ClF3N4O2/c1-10-15(18(29)26-12-5-6-14(17(24)28)16(20)8-12)9-25-27(10)13-4-2-3-11(7-13)19(21,22)23/h2-9H,1H3,(H2,24,28)(H,26,29). The normalized spacial score (nSPS) is 11.3. The van der Waals surface area contributed by atoms with E-state index in [1.54, 1.807) is 6.92 Å². The molecule has 10 heteroatoms. The summed E-state index contributed by atoms with van der Waals surface area (Å²) in [6, 6.07) is 8.82. The van der Waals surface area contributed by atoms with Crippen molar-refractivity contribution in [3.05, 3.63) is 76.1 Å². The number of halogens is 4. The number of hydrogen-bond acceptors (Lipinski definition) is 3. The second-order valence-electron chi connectivity index (χ2n) is 6.12. The zero-order valence-electron chi connectivity index (χ0n) is 14.9. The highest BCUT2D eigenvalue weighted by atomic mass is 35.5. The third kappa shape index (κ3) is 4.24. The zero-order valence-corrected chi connectivity index (χ0v) is 15.7. The number of primary amides is 1. The number of rotatable bonds is 4. The van der Waals surface area contributed by atoms with Gasteiger partial charge in [0.05, 0.1) is 39.3 Å². The van der Waals surface area contributed by atoms with Gasteiger partial charge in [0.2, 0.25) is 5.91 Å². The lowest BCUT2D eigenvalue weighted by Gasteiger charge is -2.10. The lowest BCUT2D eigenvalue weighted by Crippen LogP contribution is -2.15. The molecule has 3 N–H and O–H groups in total. The molecule has 6 nitrogen and oxygen atoms in total. The van der Waals surface area contributed by atoms with Gasteiger partial charge in [-0.1, -0.05) is 17.7 Å². The van der Waals surface area contributed by atoms with E-state index in [0.29, 0.717) is 11.4 Å². The molecule has 2 amide bonds. The Labute approximate surface area is 168 Å². The van der Waals surface area contributed by atoms with Crippen molar-refractivity contribution in [2.45, 2.75) is 13.1 Å². The predicted octanol–water partition coefficient (Wildman–Crippen LogP) is 4.20. The molecule has 0 saturated carbocycles. The fourth-order valence-electron chi connectivity index (χ4n) is 2.70. The SMILES string of the molecule is Cc1c(C(=O)Nc2ccc(C(N)=O)c(Cl)c2)cnn1-c1cccc(C(F)(F)F)c1. The molecule has 1 aromatic heterocycles. The Hall–Kier alpha value is -3.33. The number of anilines is 1. The molecule has 0 fully saturated rings. The van der Waals surface area contributed by atoms with Gasteiger partial charge >= 0.3 is 6.18 Å². The van der Waals surface area contributed by atoms with E-state index in [1.165, 1.54) is 41.2 Å². The summed E-state index contributed by atoms with van der Waals surface area (Å²) in [6.45, 7) is 1.56. The van der Waals surface area contributed by atoms with Gasteiger partial charge in [-0.05, 0) is 43.3 Å². The quantitative estimate of drug-likeness (QED) is 0.660. The molecule has 0 aliphatic carbocycles. The van der Waals surface area contributed by atoms with E-state index in [9.17, 15) is 22.8 Å². The summed E-state index contributed by atoms with van der Waals surface area (Å²) in [4.78, 5) is 23.8. The molecule has 1 heterocycles. The summed E-state index contributed by atoms with van der Waals surface area (Å²) < 4.78 is 40.1. The summed E-state index contributed by atoms with van der Waals surface area (Å²) in [5.41, 5.74) is 5.47. The Morgan fingerprint density at radius 3 is 2.48 bits per heavy atom. The van der Waals surface area contributed by atoms with Crippen LogP contribution >= 0.6 is 11.6 Å². The maximum atomic E-state index is 12.9. The number of carbonyl (C=O) groups is 2. The number of aromatic nitrogens is 2. The average molecular weight is 423 g/mol. The minimum absolute atomic E-state index is 0.0756. The lowest BCUT2D eigenvalue weighted by atomic mass is 10.1. The maximum Gasteiger partial charge on any atom is 0.416 e. The van der Waals surface area contributed by atoms with Crippen LogP contribution in [-0.4, -0.2) is 21.6 Å². The fourth-order valence-corrected chi connectivity index (χ4v) is 2.97. The first-order chi connectivity index (χ1) is 13.6. The Morgan fingerprint density at radius 1 is 1.14 bits per heavy atom. The summed E-state index contributed by atoms with van der Waals surface area (Å²) in [5.74, 6) is -1.24. The largest absolute Gasteiger partial charge is 0.416 e. The number of alkyl halides is 3. The fraction of sp³-hybridized carbons (Fsp3) is 0.105. The van der Waals surface area contributed by atoms with E-state index in [2.05, 4.69) is 10.4 Å². The molecule has 3 rings (SSSR count). The molecule has 0 bridgehead atoms. The van der Waals surface area contributed by atoms with Gasteiger partial charge in [-0.2, -0.15) is 18.3 Å². The van der Waals surface area contributed by atoms with E-state index < -0.39 is 23.6 Å². The van der Waals surface area contributed by atoms with Crippen molar-refractivity contribution in [2.75, 3.05) is 5.32 Å². The molecule has 0 aliphatic heterocycles. The van der Waals surface area contributed by atoms with Crippen LogP contribution in [0.15, 0.2) is 48.7 Å². The summed E-state index contributed by atoms with van der Waals surface area (Å²) in [7, 11) is 0. The Bertz CT molecular complexity index is 1110. The number of nitrogens with one attached hydrogen (secondary N) is 1. The Kier molecular flexibility index (Phi) is 5.34. The number of benzene rings is 2. The topological polar surface area (TPSA) is 90.0 Å². The molecule has 3 aromatic rings. The van der Waals surface area contributed by atoms with Crippen molar-refractivity contribution < 1.29 is 22.8 Å². The molecule has 0 atom stereocenters. The number of hydrogen-bond donors (Lipinski definition) is 2. The summed E-state index contributed by atoms with van der Waals surface area (Å²) in [6.07, 6.45) is -3.24. The van der Waals surface area contributed by atoms with Gasteiger partial charge in [0.25, 0.3) is 5.91 Å². The molecular formula is C19H14ClF3N4O2. The van der Waals surface area contributed by atoms with Crippen LogP contribution in [0.1, 0.15) is 32.0 Å². The van der Waals surface area contributed by atoms with Gasteiger partial charge in [-0.25, -0.2) is 4.68 Å². The van der Waals surface area contributed by atoms with Gasteiger partial charge in [0.1, 0.15) is 0 Å². The highest BCUT2D eigenvalue weighted by molar-refractivity contribution is 6.34. The van der Waals surface area contributed by atoms with E-state index in [-0.39, 0.29) is 21.8 Å². The molecule has 0 aliphatic rings. The van der Waals surface area contributed by atoms with Crippen LogP contribution < -0.4 is 11.1 Å². The van der Waals surface area contributed by atoms with Gasteiger partial charge in [-0.15, -0.1) is 0 Å². The third-order valence-electron chi connectivity index (χ3n) is 4.16. The van der Waals surface area contributed by atoms with Crippen molar-refractivity contribution in [1.29, 1.82) is 0 Å². The van der Waals surface area contributed by atoms with Crippen molar-refractivity contribution >= 4 is 29.1 Å². The third-order valence-corrected chi connectivity index (χ3v) is 4.48. The molecule has 0 unspecified atom stereocenters. The first-order valence-electron chi connectivity index (χ1n) is 8.21. The molecule has 0 saturated heterocycles. The second kappa shape index (κ2) is 7.59. The van der Waals surface area contributed by atoms with Crippen LogP contribution in [0.5, 0.6) is 0 Å². The lowest BCUT2D eigenvalue weighted by molar-refractivity contribution is -0.137. The van der Waals surface area contributed by atoms with E-state index in [1.807, 2.05) is 0 Å². The van der Waals surface area contributed by atoms with Gasteiger partial charge in [0.15, 0.2) is 0 Å². The summed E-state index contributed by atoms with van der Waals surface area (Å²) >= 11 is 5.96. The maximum absolute atomic E-state index is 12.9. The number of nitrogens with zero attached hydrogens (tertiary/aromatic N) is 2. The zero-order chi connectivity index (χ0) is 21.3. The van der Waals surface area contributed by atoms with Crippen molar-refractivity contribution in [3.63, 3.8) is 0 Å². The van der Waals surface area contributed by atoms with E-state index in [4.69, 9.17) is 17.3 Å². The minimum Gasteiger partial charge on any atom is -0.366 e. The number of nitrogens with two attached hydrogens (primary N) is 1. The highest BCUT2D eigenvalue weighted by Crippen LogP contribution is 2.30. The van der Waals surface area contributed by atoms with E-state index in [0.717, 1.165) is 12.1 Å². The molecule has 2 aromatic carbocycles. The van der Waals surface area contributed by atoms with Crippen molar-refractivity contribution in [1.82, 2.24) is 9.78 Å². The Balaban J connectivity index is 1.87. The monoisotopic (exact) mass is 422 g/mol. The Morgan fingerprint density at radius 2 is 1.86 bits per heavy atom. The summed E-state index contributed by atoms with van der Waals surface area (Å²) in [5, 5.41) is 6.70. The van der Waals surface area contributed by atoms with E-state index >= 15 is 0 Å². The van der Waals surface area contributed by atoms with Gasteiger partial charge < -0.3 is 11.1 Å². The van der Waals surface area contributed by atoms with Gasteiger partial charge in [0, 0.05) is 5.69 Å². The average Bonchev–Trinajstić information content (AvgIpc) is 3.02. The molecule has 29 heavy (non-hydrogen) atoms. The second-order valence-corrected chi connectivity index (χ2v) is 6.52. The van der Waals surface area contributed by atoms with Crippen LogP contribution in [0.3, 0.4) is 0 Å². The molecule has 0 radical (unpaired) electrons. The van der Waals surface area contributed by atoms with Crippen molar-refractivity contribution in [2.24, 2.45) is 5.73 Å². The first-order valence-corrected chi connectivity index (χ1v) is 8.58. The van der Waals surface area contributed by atoms with Gasteiger partial charge in [-0.3, -0.25) is 9.59 Å². The molecule has 0 spiro atoms. The van der Waals surface area contributed by atoms with Crippen LogP contribution in [0.2, 0.25) is 5.02 Å². The highest BCUT2D eigenvalue weighted by Gasteiger charge is 2.30. The first kappa shape index (κ1) is 20.4. The van der Waals surface area contributed by atoms with Crippen LogP contribution in [0.4, 0.5) is 18.9 Å². The molecular weight excluding hydrogens is 409 g/mol. The van der Waals surface area contributed by atoms with Crippen LogP contribution in [-0.2, 0) is 6.18 Å². The van der Waals surface area contributed by atoms with Crippen LogP contribution in [0.25, 0.3) is 5.69 Å². The smallest absolute Gasteiger partial charge is 0.366 e. The van der Waals surface area contributed by atoms with Crippen LogP contribution in [0, 0.1) is 6.92 Å². The number of amides is 2. The predicted molar refractivity (Wildman–Crippen MR) is 101 cm³/mol. The molecule has 150 valence electrons. The minimum atomic E-state index is -4.49. The number of carbonyl (C=O) groups excluding carboxylic acids is 2.